The number of nitrogens with one attached hydrogen (secondary N) is 1. The molecule has 0 aliphatic carbocycles. The fourth-order valence-corrected chi connectivity index (χ4v) is 5.67. The van der Waals surface area contributed by atoms with Crippen LogP contribution >= 0.6 is 28.3 Å². The van der Waals surface area contributed by atoms with E-state index < -0.39 is 6.09 Å². The third-order valence-electron chi connectivity index (χ3n) is 7.52. The Labute approximate surface area is 234 Å². The van der Waals surface area contributed by atoms with Gasteiger partial charge >= 0.3 is 6.09 Å². The molecule has 2 aliphatic rings. The molecule has 2 aromatic carbocycles. The highest BCUT2D eigenvalue weighted by Gasteiger charge is 2.47. The molecule has 0 bridgehead atoms. The average molecular weight is 595 g/mol. The maximum atomic E-state index is 13.4. The van der Waals surface area contributed by atoms with Crippen molar-refractivity contribution >= 4 is 40.3 Å². The predicted molar refractivity (Wildman–Crippen MR) is 150 cm³/mol. The first kappa shape index (κ1) is 29.3. The van der Waals surface area contributed by atoms with Crippen LogP contribution in [0.1, 0.15) is 49.8 Å². The van der Waals surface area contributed by atoms with Crippen LogP contribution in [0.4, 0.5) is 4.79 Å². The second-order valence-corrected chi connectivity index (χ2v) is 10.6. The van der Waals surface area contributed by atoms with Gasteiger partial charge in [0, 0.05) is 29.7 Å². The molecule has 1 atom stereocenters. The van der Waals surface area contributed by atoms with Crippen molar-refractivity contribution in [2.75, 3.05) is 39.9 Å². The molecule has 2 aromatic rings. The normalized spacial score (nSPS) is 17.8. The molecule has 2 heterocycles. The number of likely N-dealkylation sites (tertiary alicyclic amines) is 2. The maximum Gasteiger partial charge on any atom is 0.407 e. The van der Waals surface area contributed by atoms with Crippen LogP contribution in [0.3, 0.4) is 0 Å². The number of methoxy groups -OCH3 is 1. The lowest BCUT2D eigenvalue weighted by Gasteiger charge is -2.38. The van der Waals surface area contributed by atoms with Gasteiger partial charge < -0.3 is 24.6 Å². The third-order valence-corrected chi connectivity index (χ3v) is 8.05. The molecule has 4 rings (SSSR count). The number of piperidine rings is 1. The number of amides is 2. The highest BCUT2D eigenvalue weighted by molar-refractivity contribution is 9.10. The first-order chi connectivity index (χ1) is 17.4. The summed E-state index contributed by atoms with van der Waals surface area (Å²) in [5.74, 6) is 1.06. The van der Waals surface area contributed by atoms with Gasteiger partial charge in [-0.15, -0.1) is 12.4 Å². The van der Waals surface area contributed by atoms with Gasteiger partial charge in [-0.05, 0) is 69.5 Å². The van der Waals surface area contributed by atoms with Crippen molar-refractivity contribution in [1.82, 2.24) is 15.1 Å². The van der Waals surface area contributed by atoms with Crippen LogP contribution in [0.5, 0.6) is 5.75 Å². The van der Waals surface area contributed by atoms with Gasteiger partial charge in [0.05, 0.1) is 25.2 Å². The number of ether oxygens (including phenoxy) is 2. The predicted octanol–water partition coefficient (Wildman–Crippen LogP) is 5.57. The number of hydrogen-bond donors (Lipinski definition) is 1. The SMILES string of the molecule is CCOC(=O)NC(CCN1CCC2(CC1)CCN(Cc1ccc(Br)cc1)C2=O)c1ccccc1OC.Cl. The van der Waals surface area contributed by atoms with Gasteiger partial charge in [0.2, 0.25) is 5.91 Å². The van der Waals surface area contributed by atoms with E-state index in [9.17, 15) is 9.59 Å². The molecule has 202 valence electrons. The zero-order valence-corrected chi connectivity index (χ0v) is 24.0. The van der Waals surface area contributed by atoms with Gasteiger partial charge in [0.1, 0.15) is 5.75 Å². The number of alkyl carbamates (subject to hydrolysis) is 1. The van der Waals surface area contributed by atoms with Crippen LogP contribution in [-0.4, -0.2) is 61.7 Å². The van der Waals surface area contributed by atoms with Crippen molar-refractivity contribution in [2.45, 2.75) is 45.2 Å². The number of nitrogens with zero attached hydrogens (tertiary/aromatic N) is 2. The molecule has 7 nitrogen and oxygen atoms in total. The first-order valence-corrected chi connectivity index (χ1v) is 13.6. The summed E-state index contributed by atoms with van der Waals surface area (Å²) in [6.07, 6.45) is 3.01. The van der Waals surface area contributed by atoms with Crippen LogP contribution in [0.15, 0.2) is 53.0 Å². The zero-order valence-electron chi connectivity index (χ0n) is 21.6. The number of benzene rings is 2. The summed E-state index contributed by atoms with van der Waals surface area (Å²) >= 11 is 3.48. The summed E-state index contributed by atoms with van der Waals surface area (Å²) in [5.41, 5.74) is 1.88. The van der Waals surface area contributed by atoms with E-state index in [-0.39, 0.29) is 23.9 Å². The fourth-order valence-electron chi connectivity index (χ4n) is 5.41. The van der Waals surface area contributed by atoms with Crippen molar-refractivity contribution in [3.8, 4) is 5.75 Å². The molecule has 2 fully saturated rings. The van der Waals surface area contributed by atoms with Crippen molar-refractivity contribution in [1.29, 1.82) is 0 Å². The minimum absolute atomic E-state index is 0. The molecule has 1 unspecified atom stereocenters. The van der Waals surface area contributed by atoms with E-state index in [0.29, 0.717) is 19.1 Å². The Morgan fingerprint density at radius 3 is 2.43 bits per heavy atom. The average Bonchev–Trinajstić information content (AvgIpc) is 3.18. The van der Waals surface area contributed by atoms with Crippen LogP contribution < -0.4 is 10.1 Å². The molecule has 2 saturated heterocycles. The number of carbonyl (C=O) groups is 2. The number of para-hydroxylation sites is 1. The standard InChI is InChI=1S/C28H36BrN3O4.ClH/c1-3-36-27(34)30-24(23-6-4-5-7-25(23)35-2)12-16-31-17-13-28(14-18-31)15-19-32(26(28)33)20-21-8-10-22(29)11-9-21;/h4-11,24H,3,12-20H2,1-2H3,(H,30,34);1H. The van der Waals surface area contributed by atoms with E-state index in [1.54, 1.807) is 14.0 Å². The Morgan fingerprint density at radius 1 is 1.08 bits per heavy atom. The first-order valence-electron chi connectivity index (χ1n) is 12.8. The van der Waals surface area contributed by atoms with E-state index in [4.69, 9.17) is 9.47 Å². The lowest BCUT2D eigenvalue weighted by molar-refractivity contribution is -0.138. The van der Waals surface area contributed by atoms with Crippen molar-refractivity contribution in [3.63, 3.8) is 0 Å². The Bertz CT molecular complexity index is 1040. The number of rotatable bonds is 9. The minimum Gasteiger partial charge on any atom is -0.496 e. The molecule has 2 amide bonds. The van der Waals surface area contributed by atoms with E-state index in [0.717, 1.165) is 73.2 Å². The highest BCUT2D eigenvalue weighted by atomic mass is 79.9. The molecular formula is C28H37BrClN3O4. The van der Waals surface area contributed by atoms with Crippen molar-refractivity contribution in [3.05, 3.63) is 64.1 Å². The summed E-state index contributed by atoms with van der Waals surface area (Å²) < 4.78 is 11.7. The van der Waals surface area contributed by atoms with E-state index in [2.05, 4.69) is 38.3 Å². The number of hydrogen-bond acceptors (Lipinski definition) is 5. The molecule has 1 N–H and O–H groups in total. The summed E-state index contributed by atoms with van der Waals surface area (Å²) in [6.45, 7) is 6.22. The van der Waals surface area contributed by atoms with Gasteiger partial charge in [0.25, 0.3) is 0 Å². The topological polar surface area (TPSA) is 71.1 Å². The molecule has 9 heteroatoms. The van der Waals surface area contributed by atoms with Crippen molar-refractivity contribution in [2.24, 2.45) is 5.41 Å². The monoisotopic (exact) mass is 593 g/mol. The maximum absolute atomic E-state index is 13.4. The lowest BCUT2D eigenvalue weighted by atomic mass is 9.77. The van der Waals surface area contributed by atoms with E-state index >= 15 is 0 Å². The van der Waals surface area contributed by atoms with Crippen LogP contribution in [0.25, 0.3) is 0 Å². The summed E-state index contributed by atoms with van der Waals surface area (Å²) in [5, 5.41) is 3.01. The Balaban J connectivity index is 0.00000380. The molecular weight excluding hydrogens is 558 g/mol. The fraction of sp³-hybridized carbons (Fsp3) is 0.500. The van der Waals surface area contributed by atoms with Gasteiger partial charge in [-0.2, -0.15) is 0 Å². The molecule has 1 spiro atoms. The minimum atomic E-state index is -0.423. The Hall–Kier alpha value is -2.29. The highest BCUT2D eigenvalue weighted by Crippen LogP contribution is 2.42. The summed E-state index contributed by atoms with van der Waals surface area (Å²) in [6, 6.07) is 15.8. The summed E-state index contributed by atoms with van der Waals surface area (Å²) in [7, 11) is 1.64. The molecule has 0 aromatic heterocycles. The van der Waals surface area contributed by atoms with Crippen LogP contribution in [-0.2, 0) is 16.1 Å². The smallest absolute Gasteiger partial charge is 0.407 e. The summed E-state index contributed by atoms with van der Waals surface area (Å²) in [4.78, 5) is 30.1. The van der Waals surface area contributed by atoms with E-state index in [1.165, 1.54) is 0 Å². The van der Waals surface area contributed by atoms with Gasteiger partial charge in [-0.1, -0.05) is 46.3 Å². The second-order valence-electron chi connectivity index (χ2n) is 9.67. The second kappa shape index (κ2) is 13.5. The molecule has 2 aliphatic heterocycles. The quantitative estimate of drug-likeness (QED) is 0.411. The zero-order chi connectivity index (χ0) is 25.5. The Morgan fingerprint density at radius 2 is 1.76 bits per heavy atom. The van der Waals surface area contributed by atoms with E-state index in [1.807, 2.05) is 41.3 Å². The number of carbonyl (C=O) groups excluding carboxylic acids is 2. The molecule has 0 radical (unpaired) electrons. The molecule has 0 saturated carbocycles. The van der Waals surface area contributed by atoms with Gasteiger partial charge in [0.15, 0.2) is 0 Å². The lowest BCUT2D eigenvalue weighted by Crippen LogP contribution is -2.45. The Kier molecular flexibility index (Phi) is 10.7. The van der Waals surface area contributed by atoms with Crippen LogP contribution in [0, 0.1) is 5.41 Å². The van der Waals surface area contributed by atoms with Crippen LogP contribution in [0.2, 0.25) is 0 Å². The van der Waals surface area contributed by atoms with Gasteiger partial charge in [-0.25, -0.2) is 4.79 Å². The van der Waals surface area contributed by atoms with Gasteiger partial charge in [-0.3, -0.25) is 4.79 Å². The molecule has 37 heavy (non-hydrogen) atoms. The largest absolute Gasteiger partial charge is 0.496 e. The third kappa shape index (κ3) is 7.18. The van der Waals surface area contributed by atoms with Crippen molar-refractivity contribution < 1.29 is 19.1 Å². The number of halogens is 2.